The van der Waals surface area contributed by atoms with Gasteiger partial charge in [0.05, 0.1) is 0 Å². The van der Waals surface area contributed by atoms with Crippen LogP contribution < -0.4 is 0 Å². The van der Waals surface area contributed by atoms with Crippen LogP contribution in [0.25, 0.3) is 0 Å². The monoisotopic (exact) mass is 376 g/mol. The molecule has 4 heteroatoms. The first-order valence-corrected chi connectivity index (χ1v) is 11.1. The van der Waals surface area contributed by atoms with Gasteiger partial charge in [0.25, 0.3) is 0 Å². The van der Waals surface area contributed by atoms with Gasteiger partial charge in [-0.3, -0.25) is 0 Å². The Bertz CT molecular complexity index is 96.2. The minimum Gasteiger partial charge on any atom is -0.111 e. The molecule has 0 aromatic carbocycles. The second-order valence-corrected chi connectivity index (χ2v) is 24.5. The highest BCUT2D eigenvalue weighted by Gasteiger charge is 1.97. The van der Waals surface area contributed by atoms with E-state index in [1.165, 1.54) is 18.6 Å². The summed E-state index contributed by atoms with van der Waals surface area (Å²) in [5.74, 6) is 1.26. The van der Waals surface area contributed by atoms with E-state index in [0.29, 0.717) is 0 Å². The Morgan fingerprint density at radius 3 is 2.12 bits per heavy atom. The predicted octanol–water partition coefficient (Wildman–Crippen LogP) is 2.83. The summed E-state index contributed by atoms with van der Waals surface area (Å²) in [5.41, 5.74) is 0. The van der Waals surface area contributed by atoms with Crippen molar-refractivity contribution in [3.05, 3.63) is 0 Å². The van der Waals surface area contributed by atoms with E-state index in [2.05, 4.69) is 49.3 Å². The number of hydrogen-bond acceptors (Lipinski definition) is 1. The molecule has 0 bridgehead atoms. The Morgan fingerprint density at radius 1 is 1.50 bits per heavy atom. The lowest BCUT2D eigenvalue weighted by Gasteiger charge is -2.07. The van der Waals surface area contributed by atoms with Gasteiger partial charge in [-0.25, -0.2) is 0 Å². The maximum Gasteiger partial charge on any atom is -0.00400 e. The molecule has 0 aliphatic carbocycles. The van der Waals surface area contributed by atoms with Crippen LogP contribution in [0.15, 0.2) is 0 Å². The lowest BCUT2D eigenvalue weighted by atomic mass is 10.4. The molecule has 52 valence electrons. The molecule has 0 aliphatic rings. The van der Waals surface area contributed by atoms with Crippen LogP contribution in [0.3, 0.4) is 0 Å². The molecule has 0 aliphatic heterocycles. The smallest absolute Gasteiger partial charge is 0.00400 e. The topological polar surface area (TPSA) is 0 Å². The van der Waals surface area contributed by atoms with Gasteiger partial charge < -0.3 is 0 Å². The van der Waals surface area contributed by atoms with Crippen LogP contribution in [0.4, 0.5) is 0 Å². The third kappa shape index (κ3) is 8.03. The molecule has 0 unspecified atom stereocenters. The summed E-state index contributed by atoms with van der Waals surface area (Å²) in [5, 5.41) is 0. The van der Waals surface area contributed by atoms with E-state index >= 15 is 0 Å². The summed E-state index contributed by atoms with van der Waals surface area (Å²) in [4.78, 5) is 0. The second kappa shape index (κ2) is 4.79. The highest BCUT2D eigenvalue weighted by Crippen LogP contribution is 2.25. The Morgan fingerprint density at radius 2 is 2.00 bits per heavy atom. The summed E-state index contributed by atoms with van der Waals surface area (Å²) < 4.78 is -0.909. The van der Waals surface area contributed by atoms with E-state index in [1.54, 1.807) is 0 Å². The van der Waals surface area contributed by atoms with E-state index < -0.39 is 2.93 Å². The molecule has 0 N–H and O–H groups in total. The van der Waals surface area contributed by atoms with Gasteiger partial charge in [0.1, 0.15) is 0 Å². The molecule has 0 atom stereocenters. The average molecular weight is 376 g/mol. The quantitative estimate of drug-likeness (QED) is 0.449. The van der Waals surface area contributed by atoms with Crippen molar-refractivity contribution >= 4 is 56.5 Å². The van der Waals surface area contributed by atoms with Crippen LogP contribution in [0.2, 0.25) is 0 Å². The Kier molecular flexibility index (Phi) is 6.00. The van der Waals surface area contributed by atoms with E-state index in [-0.39, 0.29) is 0 Å². The third-order valence-electron chi connectivity index (χ3n) is 0.772. The standard InChI is InChI=1S/C4H10I2S2/c1-2-3-4-8(5,6)7/h8H,2-4H2,1H3. The van der Waals surface area contributed by atoms with Crippen molar-refractivity contribution < 1.29 is 0 Å². The Balaban J connectivity index is 3.26. The number of hydrogen-bond donors (Lipinski definition) is 1. The minimum absolute atomic E-state index is 0.909. The van der Waals surface area contributed by atoms with E-state index in [9.17, 15) is 0 Å². The van der Waals surface area contributed by atoms with Gasteiger partial charge in [-0.15, -0.1) is 2.93 Å². The molecule has 0 heterocycles. The van der Waals surface area contributed by atoms with Gasteiger partial charge in [-0.05, 0) is 54.6 Å². The van der Waals surface area contributed by atoms with Gasteiger partial charge >= 0.3 is 0 Å². The summed E-state index contributed by atoms with van der Waals surface area (Å²) in [6, 6.07) is 0. The molecule has 0 radical (unpaired) electrons. The molecule has 0 aromatic rings. The molecular weight excluding hydrogens is 366 g/mol. The Labute approximate surface area is 80.9 Å². The zero-order valence-electron chi connectivity index (χ0n) is 4.73. The molecule has 8 heavy (non-hydrogen) atoms. The van der Waals surface area contributed by atoms with Gasteiger partial charge in [0.15, 0.2) is 0 Å². The van der Waals surface area contributed by atoms with Crippen LogP contribution in [0.5, 0.6) is 0 Å². The van der Waals surface area contributed by atoms with Crippen molar-refractivity contribution in [3.63, 3.8) is 0 Å². The average Bonchev–Trinajstić information content (AvgIpc) is 1.59. The summed E-state index contributed by atoms with van der Waals surface area (Å²) in [6.45, 7) is 2.21. The van der Waals surface area contributed by atoms with Crippen LogP contribution >= 0.6 is 42.4 Å². The number of halogens is 2. The lowest BCUT2D eigenvalue weighted by Crippen LogP contribution is -1.93. The van der Waals surface area contributed by atoms with Crippen molar-refractivity contribution in [2.45, 2.75) is 19.8 Å². The SMILES string of the molecule is CCCC[SH](=S)(I)I. The van der Waals surface area contributed by atoms with Gasteiger partial charge in [0, 0.05) is 0 Å². The van der Waals surface area contributed by atoms with Crippen molar-refractivity contribution in [2.75, 3.05) is 5.75 Å². The molecule has 0 spiro atoms. The van der Waals surface area contributed by atoms with Crippen LogP contribution in [0, 0.1) is 0 Å². The lowest BCUT2D eigenvalue weighted by molar-refractivity contribution is 0.897. The van der Waals surface area contributed by atoms with Gasteiger partial charge in [-0.2, -0.15) is 0 Å². The summed E-state index contributed by atoms with van der Waals surface area (Å²) in [7, 11) is 0. The second-order valence-electron chi connectivity index (χ2n) is 1.65. The highest BCUT2D eigenvalue weighted by molar-refractivity contribution is 14.3. The normalized spacial score (nSPS) is 13.9. The van der Waals surface area contributed by atoms with Crippen molar-refractivity contribution in [1.29, 1.82) is 0 Å². The predicted molar refractivity (Wildman–Crippen MR) is 63.9 cm³/mol. The minimum atomic E-state index is -0.909. The fraction of sp³-hybridized carbons (Fsp3) is 1.00. The van der Waals surface area contributed by atoms with Crippen LogP contribution in [0.1, 0.15) is 19.8 Å². The first kappa shape index (κ1) is 10.0. The Hall–Kier alpha value is 2.03. The fourth-order valence-electron chi connectivity index (χ4n) is 0.342. The first-order valence-electron chi connectivity index (χ1n) is 2.54. The third-order valence-corrected chi connectivity index (χ3v) is 5.05. The molecule has 0 saturated heterocycles. The molecule has 0 nitrogen and oxygen atoms in total. The van der Waals surface area contributed by atoms with E-state index in [4.69, 9.17) is 11.2 Å². The molecule has 0 amide bonds. The number of unbranched alkanes of at least 4 members (excludes halogenated alkanes) is 1. The summed E-state index contributed by atoms with van der Waals surface area (Å²) >= 11 is 10.1. The van der Waals surface area contributed by atoms with Crippen molar-refractivity contribution in [1.82, 2.24) is 0 Å². The largest absolute Gasteiger partial charge is 0.111 e. The fourth-order valence-corrected chi connectivity index (χ4v) is 3.46. The van der Waals surface area contributed by atoms with E-state index in [0.717, 1.165) is 0 Å². The first-order chi connectivity index (χ1) is 3.56. The van der Waals surface area contributed by atoms with E-state index in [1.807, 2.05) is 0 Å². The molecule has 0 saturated carbocycles. The van der Waals surface area contributed by atoms with Gasteiger partial charge in [0.2, 0.25) is 0 Å². The maximum absolute atomic E-state index is 5.23. The van der Waals surface area contributed by atoms with Crippen molar-refractivity contribution in [3.8, 4) is 0 Å². The number of rotatable bonds is 3. The maximum atomic E-state index is 5.23. The number of thiol groups is 1. The molecule has 0 aromatic heterocycles. The summed E-state index contributed by atoms with van der Waals surface area (Å²) in [6.07, 6.45) is 2.59. The zero-order chi connectivity index (χ0) is 6.62. The molecule has 0 fully saturated rings. The molecule has 0 rings (SSSR count). The van der Waals surface area contributed by atoms with Crippen molar-refractivity contribution in [2.24, 2.45) is 0 Å². The van der Waals surface area contributed by atoms with Crippen LogP contribution in [-0.4, -0.2) is 5.75 Å². The molecular formula is C4H10I2S2. The zero-order valence-corrected chi connectivity index (χ0v) is 10.8. The van der Waals surface area contributed by atoms with Crippen LogP contribution in [-0.2, 0) is 14.1 Å². The highest BCUT2D eigenvalue weighted by atomic mass is 127. The van der Waals surface area contributed by atoms with Gasteiger partial charge in [-0.1, -0.05) is 24.5 Å².